The van der Waals surface area contributed by atoms with Crippen molar-refractivity contribution in [2.45, 2.75) is 26.4 Å². The van der Waals surface area contributed by atoms with Gasteiger partial charge in [0.05, 0.1) is 0 Å². The molecule has 0 heterocycles. The molecule has 0 bridgehead atoms. The van der Waals surface area contributed by atoms with E-state index in [9.17, 15) is 0 Å². The van der Waals surface area contributed by atoms with E-state index in [1.54, 1.807) is 0 Å². The zero-order valence-electron chi connectivity index (χ0n) is 20.4. The van der Waals surface area contributed by atoms with Gasteiger partial charge in [0, 0.05) is 0 Å². The maximum absolute atomic E-state index is 6.52. The molecule has 8 heteroatoms. The molecule has 4 rings (SSSR count). The van der Waals surface area contributed by atoms with E-state index in [0.29, 0.717) is 32.3 Å². The van der Waals surface area contributed by atoms with E-state index < -0.39 is 11.9 Å². The number of rotatable bonds is 14. The molecule has 0 aromatic heterocycles. The third-order valence-electron chi connectivity index (χ3n) is 5.43. The Hall–Kier alpha value is -1.38. The molecule has 0 spiro atoms. The minimum atomic E-state index is -2.52. The van der Waals surface area contributed by atoms with Gasteiger partial charge in [-0.2, -0.15) is 0 Å². The fraction of sp³-hybridized carbons (Fsp3) is 0.172. The Morgan fingerprint density at radius 3 is 0.811 bits per heavy atom. The Morgan fingerprint density at radius 2 is 0.595 bits per heavy atom. The Morgan fingerprint density at radius 1 is 0.378 bits per heavy atom. The van der Waals surface area contributed by atoms with E-state index in [2.05, 4.69) is 78.7 Å². The molecule has 4 aromatic rings. The van der Waals surface area contributed by atoms with Crippen LogP contribution in [-0.4, -0.2) is 36.1 Å². The van der Waals surface area contributed by atoms with Crippen molar-refractivity contribution in [2.24, 2.45) is 0 Å². The van der Waals surface area contributed by atoms with Crippen LogP contribution in [0.5, 0.6) is 0 Å². The van der Waals surface area contributed by atoms with Gasteiger partial charge in [0.25, 0.3) is 0 Å². The summed E-state index contributed by atoms with van der Waals surface area (Å²) < 4.78 is 26.1. The molecule has 0 aliphatic carbocycles. The minimum absolute atomic E-state index is 0.438. The van der Waals surface area contributed by atoms with Gasteiger partial charge in [-0.1, -0.05) is 0 Å². The zero-order valence-corrected chi connectivity index (χ0v) is 25.6. The molecular weight excluding hydrogens is 632 g/mol. The van der Waals surface area contributed by atoms with E-state index in [4.69, 9.17) is 18.1 Å². The van der Waals surface area contributed by atoms with Crippen LogP contribution in [0.4, 0.5) is 0 Å². The summed E-state index contributed by atoms with van der Waals surface area (Å²) in [4.78, 5) is 0. The van der Waals surface area contributed by atoms with Crippen LogP contribution in [0.25, 0.3) is 0 Å². The summed E-state index contributed by atoms with van der Waals surface area (Å²) in [6.45, 7) is 1.75. The molecule has 0 unspecified atom stereocenters. The first-order valence-electron chi connectivity index (χ1n) is 11.9. The van der Waals surface area contributed by atoms with Gasteiger partial charge < -0.3 is 0 Å². The van der Waals surface area contributed by atoms with Crippen LogP contribution in [0.1, 0.15) is 22.3 Å². The zero-order chi connectivity index (χ0) is 25.8. The second kappa shape index (κ2) is 14.7. The molecule has 0 saturated heterocycles. The molecule has 0 amide bonds. The third-order valence-corrected chi connectivity index (χ3v) is 17.3. The van der Waals surface area contributed by atoms with Crippen molar-refractivity contribution in [3.63, 3.8) is 0 Å². The second-order valence-corrected chi connectivity index (χ2v) is 20.0. The van der Waals surface area contributed by atoms with Crippen LogP contribution in [-0.2, 0) is 44.5 Å². The molecule has 0 saturated carbocycles. The number of hydrogen-bond donors (Lipinski definition) is 0. The average molecular weight is 662 g/mol. The van der Waals surface area contributed by atoms with Crippen molar-refractivity contribution in [3.05, 3.63) is 144 Å². The summed E-state index contributed by atoms with van der Waals surface area (Å²) in [5.74, 6) is -4.56. The second-order valence-electron chi connectivity index (χ2n) is 8.40. The number of benzene rings is 4. The quantitative estimate of drug-likeness (QED) is 0.103. The molecule has 37 heavy (non-hydrogen) atoms. The maximum atomic E-state index is 6.52. The predicted octanol–water partition coefficient (Wildman–Crippen LogP) is 7.67. The molecule has 4 aromatic carbocycles. The van der Waals surface area contributed by atoms with Crippen molar-refractivity contribution < 1.29 is 18.1 Å². The predicted molar refractivity (Wildman–Crippen MR) is 155 cm³/mol. The summed E-state index contributed by atoms with van der Waals surface area (Å²) >= 11 is 6.60. The monoisotopic (exact) mass is 664 g/mol. The molecule has 0 N–H and O–H groups in total. The molecular formula is C29H30O4P2Se2. The Kier molecular flexibility index (Phi) is 11.4. The fourth-order valence-electron chi connectivity index (χ4n) is 3.44. The third kappa shape index (κ3) is 10.0. The Labute approximate surface area is 235 Å². The normalized spacial score (nSPS) is 11.9. The van der Waals surface area contributed by atoms with Crippen LogP contribution in [0.3, 0.4) is 0 Å². The van der Waals surface area contributed by atoms with Crippen LogP contribution in [0, 0.1) is 0 Å². The van der Waals surface area contributed by atoms with Gasteiger partial charge in [0.2, 0.25) is 0 Å². The summed E-state index contributed by atoms with van der Waals surface area (Å²) in [5, 5.41) is 0. The summed E-state index contributed by atoms with van der Waals surface area (Å²) in [6.07, 6.45) is 0. The van der Waals surface area contributed by atoms with E-state index in [0.717, 1.165) is 22.3 Å². The van der Waals surface area contributed by atoms with Crippen LogP contribution in [0.2, 0.25) is 0 Å². The number of hydrogen-bond acceptors (Lipinski definition) is 4. The molecule has 4 nitrogen and oxygen atoms in total. The topological polar surface area (TPSA) is 36.9 Å². The first kappa shape index (κ1) is 28.6. The van der Waals surface area contributed by atoms with Gasteiger partial charge in [-0.25, -0.2) is 0 Å². The van der Waals surface area contributed by atoms with Gasteiger partial charge in [0.15, 0.2) is 0 Å². The van der Waals surface area contributed by atoms with Crippen LogP contribution < -0.4 is 0 Å². The van der Waals surface area contributed by atoms with Crippen molar-refractivity contribution >= 4 is 42.1 Å². The van der Waals surface area contributed by atoms with Gasteiger partial charge in [0.1, 0.15) is 0 Å². The Balaban J connectivity index is 1.54. The van der Waals surface area contributed by atoms with Gasteiger partial charge in [-0.05, 0) is 0 Å². The van der Waals surface area contributed by atoms with Crippen molar-refractivity contribution in [2.75, 3.05) is 5.90 Å². The molecule has 0 aliphatic rings. The van der Waals surface area contributed by atoms with E-state index in [1.165, 1.54) is 0 Å². The SMILES string of the molecule is [Se]=P(CP(=[Se])(OCc1ccccc1)OCc1ccccc1)(OCc1ccccc1)OCc1ccccc1. The van der Waals surface area contributed by atoms with E-state index in [-0.39, 0.29) is 0 Å². The van der Waals surface area contributed by atoms with Gasteiger partial charge in [-0.15, -0.1) is 0 Å². The molecule has 192 valence electrons. The van der Waals surface area contributed by atoms with Gasteiger partial charge >= 0.3 is 236 Å². The molecule has 0 atom stereocenters. The first-order valence-corrected chi connectivity index (χ1v) is 20.0. The summed E-state index contributed by atoms with van der Waals surface area (Å²) in [6, 6.07) is 40.6. The fourth-order valence-corrected chi connectivity index (χ4v) is 18.4. The molecule has 0 radical (unpaired) electrons. The van der Waals surface area contributed by atoms with Crippen molar-refractivity contribution in [1.82, 2.24) is 0 Å². The average Bonchev–Trinajstić information content (AvgIpc) is 2.95. The Bertz CT molecular complexity index is 1110. The van der Waals surface area contributed by atoms with Crippen molar-refractivity contribution in [1.29, 1.82) is 0 Å². The van der Waals surface area contributed by atoms with Crippen molar-refractivity contribution in [3.8, 4) is 0 Å². The van der Waals surface area contributed by atoms with E-state index in [1.807, 2.05) is 72.8 Å². The standard InChI is InChI=1S/C29H30O4P2Se2/c36-34(30-21-26-13-5-1-6-14-26,31-22-27-15-7-2-8-16-27)25-35(37,32-23-28-17-9-3-10-18-28)33-24-29-19-11-4-12-20-29/h1-20H,21-25H2. The first-order chi connectivity index (χ1) is 18.0. The molecule has 0 aliphatic heterocycles. The van der Waals surface area contributed by atoms with Crippen LogP contribution in [0.15, 0.2) is 121 Å². The summed E-state index contributed by atoms with van der Waals surface area (Å²) in [7, 11) is 0. The summed E-state index contributed by atoms with van der Waals surface area (Å²) in [5.41, 5.74) is 4.35. The van der Waals surface area contributed by atoms with Crippen LogP contribution >= 0.6 is 11.9 Å². The van der Waals surface area contributed by atoms with E-state index >= 15 is 0 Å². The molecule has 0 fully saturated rings. The van der Waals surface area contributed by atoms with Gasteiger partial charge in [-0.3, -0.25) is 0 Å².